The van der Waals surface area contributed by atoms with Crippen LogP contribution in [-0.4, -0.2) is 30.4 Å². The van der Waals surface area contributed by atoms with E-state index in [4.69, 9.17) is 15.6 Å². The lowest BCUT2D eigenvalue weighted by Crippen LogP contribution is -2.22. The topological polar surface area (TPSA) is 77.2 Å². The van der Waals surface area contributed by atoms with Crippen LogP contribution < -0.4 is 4.90 Å². The number of carbonyl (C=O) groups excluding carboxylic acids is 1. The average Bonchev–Trinajstić information content (AvgIpc) is 2.81. The number of Topliss-reactive ketones (excluding diaryl/α,β-unsaturated/α-hetero) is 1. The summed E-state index contributed by atoms with van der Waals surface area (Å²) in [7, 11) is 0. The third-order valence-corrected chi connectivity index (χ3v) is 6.75. The standard InChI is InChI=1S/C27H35N3O2S/c1-4-7-14-30-23-12-10-19(17-32-18-21(28)8-5-2)15-25(23)33-26-16-20(11-13-24(26)30)27(31)22(29)9-6-3/h10-13,15-16,28-29H,4-9,14,17-18H2,1-3H3. The van der Waals surface area contributed by atoms with Gasteiger partial charge in [0.25, 0.3) is 0 Å². The first-order chi connectivity index (χ1) is 16.0. The maximum absolute atomic E-state index is 12.7. The van der Waals surface area contributed by atoms with Gasteiger partial charge in [0.1, 0.15) is 0 Å². The van der Waals surface area contributed by atoms with Gasteiger partial charge >= 0.3 is 0 Å². The van der Waals surface area contributed by atoms with Crippen molar-refractivity contribution >= 4 is 40.3 Å². The maximum Gasteiger partial charge on any atom is 0.206 e. The molecule has 0 spiro atoms. The Labute approximate surface area is 201 Å². The molecule has 0 saturated heterocycles. The van der Waals surface area contributed by atoms with Crippen molar-refractivity contribution in [1.29, 1.82) is 10.8 Å². The van der Waals surface area contributed by atoms with E-state index in [1.165, 1.54) is 5.69 Å². The van der Waals surface area contributed by atoms with Crippen molar-refractivity contribution < 1.29 is 9.53 Å². The van der Waals surface area contributed by atoms with Crippen molar-refractivity contribution in [3.63, 3.8) is 0 Å². The SMILES string of the molecule is CCCCN1c2ccc(COCC(=N)CCC)cc2Sc2cc(C(=O)C(=N)CCC)ccc21. The van der Waals surface area contributed by atoms with Crippen LogP contribution in [0, 0.1) is 10.8 Å². The monoisotopic (exact) mass is 465 g/mol. The summed E-state index contributed by atoms with van der Waals surface area (Å²) >= 11 is 1.68. The molecule has 3 rings (SSSR count). The van der Waals surface area contributed by atoms with Crippen LogP contribution in [0.3, 0.4) is 0 Å². The van der Waals surface area contributed by atoms with E-state index in [2.05, 4.69) is 36.9 Å². The molecule has 1 aliphatic rings. The number of ketones is 1. The predicted octanol–water partition coefficient (Wildman–Crippen LogP) is 7.43. The van der Waals surface area contributed by atoms with Crippen LogP contribution in [0.25, 0.3) is 0 Å². The molecule has 6 heteroatoms. The van der Waals surface area contributed by atoms with Crippen LogP contribution >= 0.6 is 11.8 Å². The first kappa shape index (κ1) is 25.2. The number of hydrogen-bond donors (Lipinski definition) is 2. The summed E-state index contributed by atoms with van der Waals surface area (Å²) in [5.41, 5.74) is 4.79. The minimum Gasteiger partial charge on any atom is -0.371 e. The number of rotatable bonds is 13. The van der Waals surface area contributed by atoms with Crippen LogP contribution in [0.2, 0.25) is 0 Å². The van der Waals surface area contributed by atoms with E-state index in [0.29, 0.717) is 30.9 Å². The van der Waals surface area contributed by atoms with Crippen molar-refractivity contribution in [2.75, 3.05) is 18.1 Å². The van der Waals surface area contributed by atoms with Crippen molar-refractivity contribution in [2.24, 2.45) is 0 Å². The van der Waals surface area contributed by atoms with Gasteiger partial charge in [-0.3, -0.25) is 4.79 Å². The number of fused-ring (bicyclic) bond motifs is 2. The second-order valence-corrected chi connectivity index (χ2v) is 9.58. The quantitative estimate of drug-likeness (QED) is 0.238. The molecule has 0 bridgehead atoms. The van der Waals surface area contributed by atoms with Gasteiger partial charge in [-0.1, -0.05) is 57.9 Å². The zero-order valence-corrected chi connectivity index (χ0v) is 20.8. The molecule has 0 amide bonds. The largest absolute Gasteiger partial charge is 0.371 e. The Hall–Kier alpha value is -2.44. The van der Waals surface area contributed by atoms with Crippen molar-refractivity contribution in [1.82, 2.24) is 0 Å². The summed E-state index contributed by atoms with van der Waals surface area (Å²) in [4.78, 5) is 17.3. The van der Waals surface area contributed by atoms with Crippen LogP contribution in [0.4, 0.5) is 11.4 Å². The van der Waals surface area contributed by atoms with E-state index in [1.54, 1.807) is 11.8 Å². The van der Waals surface area contributed by atoms with E-state index >= 15 is 0 Å². The molecule has 0 saturated carbocycles. The van der Waals surface area contributed by atoms with Crippen LogP contribution in [0.5, 0.6) is 0 Å². The highest BCUT2D eigenvalue weighted by Gasteiger charge is 2.25. The van der Waals surface area contributed by atoms with Gasteiger partial charge in [0.05, 0.1) is 30.3 Å². The van der Waals surface area contributed by atoms with Gasteiger partial charge in [-0.05, 0) is 55.2 Å². The number of carbonyl (C=O) groups is 1. The molecule has 0 atom stereocenters. The molecule has 2 aromatic rings. The molecule has 0 unspecified atom stereocenters. The normalized spacial score (nSPS) is 12.3. The second-order valence-electron chi connectivity index (χ2n) is 8.50. The summed E-state index contributed by atoms with van der Waals surface area (Å²) in [6.07, 6.45) is 5.23. The Balaban J connectivity index is 1.85. The lowest BCUT2D eigenvalue weighted by atomic mass is 10.0. The molecule has 1 heterocycles. The zero-order valence-electron chi connectivity index (χ0n) is 20.0. The summed E-state index contributed by atoms with van der Waals surface area (Å²) in [6, 6.07) is 12.3. The van der Waals surface area contributed by atoms with Gasteiger partial charge in [0, 0.05) is 27.6 Å². The summed E-state index contributed by atoms with van der Waals surface area (Å²) < 4.78 is 5.77. The first-order valence-corrected chi connectivity index (χ1v) is 12.8. The van der Waals surface area contributed by atoms with E-state index in [9.17, 15) is 4.79 Å². The molecule has 2 N–H and O–H groups in total. The molecule has 1 aliphatic heterocycles. The van der Waals surface area contributed by atoms with Crippen molar-refractivity contribution in [3.05, 3.63) is 47.5 Å². The molecular weight excluding hydrogens is 430 g/mol. The third kappa shape index (κ3) is 6.33. The highest BCUT2D eigenvalue weighted by molar-refractivity contribution is 7.99. The van der Waals surface area contributed by atoms with Gasteiger partial charge in [0.15, 0.2) is 0 Å². The number of anilines is 2. The molecule has 0 aliphatic carbocycles. The number of ether oxygens (including phenoxy) is 1. The lowest BCUT2D eigenvalue weighted by molar-refractivity contribution is 0.106. The Bertz CT molecular complexity index is 1020. The third-order valence-electron chi connectivity index (χ3n) is 5.65. The Morgan fingerprint density at radius 2 is 1.64 bits per heavy atom. The molecular formula is C27H35N3O2S. The van der Waals surface area contributed by atoms with Crippen molar-refractivity contribution in [3.8, 4) is 0 Å². The Morgan fingerprint density at radius 3 is 2.33 bits per heavy atom. The predicted molar refractivity (Wildman–Crippen MR) is 138 cm³/mol. The van der Waals surface area contributed by atoms with Gasteiger partial charge < -0.3 is 20.5 Å². The summed E-state index contributed by atoms with van der Waals surface area (Å²) in [5, 5.41) is 16.0. The highest BCUT2D eigenvalue weighted by atomic mass is 32.2. The van der Waals surface area contributed by atoms with Gasteiger partial charge in [-0.15, -0.1) is 0 Å². The lowest BCUT2D eigenvalue weighted by Gasteiger charge is -2.33. The number of unbranched alkanes of at least 4 members (excludes halogenated alkanes) is 1. The average molecular weight is 466 g/mol. The smallest absolute Gasteiger partial charge is 0.206 e. The zero-order chi connectivity index (χ0) is 23.8. The second kappa shape index (κ2) is 12.1. The molecule has 33 heavy (non-hydrogen) atoms. The van der Waals surface area contributed by atoms with Gasteiger partial charge in [-0.25, -0.2) is 0 Å². The number of hydrogen-bond acceptors (Lipinski definition) is 6. The fourth-order valence-electron chi connectivity index (χ4n) is 3.92. The molecule has 2 aromatic carbocycles. The van der Waals surface area contributed by atoms with Gasteiger partial charge in [0.2, 0.25) is 5.78 Å². The number of nitrogens with zero attached hydrogens (tertiary/aromatic N) is 1. The minimum absolute atomic E-state index is 0.176. The van der Waals surface area contributed by atoms with Crippen molar-refractivity contribution in [2.45, 2.75) is 75.7 Å². The first-order valence-electron chi connectivity index (χ1n) is 12.0. The fourth-order valence-corrected chi connectivity index (χ4v) is 5.12. The van der Waals surface area contributed by atoms with Crippen LogP contribution in [-0.2, 0) is 11.3 Å². The van der Waals surface area contributed by atoms with E-state index < -0.39 is 0 Å². The van der Waals surface area contributed by atoms with Crippen LogP contribution in [0.1, 0.15) is 75.2 Å². The molecule has 0 fully saturated rings. The molecule has 176 valence electrons. The maximum atomic E-state index is 12.7. The molecule has 5 nitrogen and oxygen atoms in total. The highest BCUT2D eigenvalue weighted by Crippen LogP contribution is 2.49. The van der Waals surface area contributed by atoms with E-state index in [1.807, 2.05) is 25.1 Å². The number of benzene rings is 2. The Morgan fingerprint density at radius 1 is 0.939 bits per heavy atom. The Kier molecular flexibility index (Phi) is 9.27. The number of nitrogens with one attached hydrogen (secondary N) is 2. The fraction of sp³-hybridized carbons (Fsp3) is 0.444. The minimum atomic E-state index is -0.178. The van der Waals surface area contributed by atoms with Crippen LogP contribution in [0.15, 0.2) is 46.2 Å². The van der Waals surface area contributed by atoms with E-state index in [-0.39, 0.29) is 11.5 Å². The molecule has 0 radical (unpaired) electrons. The molecule has 0 aromatic heterocycles. The van der Waals surface area contributed by atoms with E-state index in [0.717, 1.165) is 59.7 Å². The summed E-state index contributed by atoms with van der Waals surface area (Å²) in [5.74, 6) is -0.178. The summed E-state index contributed by atoms with van der Waals surface area (Å²) in [6.45, 7) is 8.02. The van der Waals surface area contributed by atoms with Gasteiger partial charge in [-0.2, -0.15) is 0 Å².